The molecule has 0 aliphatic carbocycles. The van der Waals surface area contributed by atoms with Gasteiger partial charge in [-0.25, -0.2) is 0 Å². The number of ether oxygens (including phenoxy) is 1. The highest BCUT2D eigenvalue weighted by molar-refractivity contribution is 6.05. The lowest BCUT2D eigenvalue weighted by Gasteiger charge is -2.27. The van der Waals surface area contributed by atoms with Crippen LogP contribution in [-0.2, 0) is 14.9 Å². The number of Topliss-reactive ketones (excluding diaryl/α,β-unsaturated/α-hetero) is 1. The topological polar surface area (TPSA) is 86.5 Å². The van der Waals surface area contributed by atoms with Gasteiger partial charge >= 0.3 is 5.97 Å². The van der Waals surface area contributed by atoms with E-state index in [1.165, 1.54) is 31.4 Å². The number of non-ortho nitro benzene ring substituents is 1. The predicted molar refractivity (Wildman–Crippen MR) is 87.9 cm³/mol. The summed E-state index contributed by atoms with van der Waals surface area (Å²) in [5.41, 5.74) is -0.236. The van der Waals surface area contributed by atoms with E-state index in [2.05, 4.69) is 0 Å². The van der Waals surface area contributed by atoms with Crippen molar-refractivity contribution < 1.29 is 19.2 Å². The number of hydrogen-bond donors (Lipinski definition) is 0. The van der Waals surface area contributed by atoms with Gasteiger partial charge in [0.15, 0.2) is 5.78 Å². The first kappa shape index (κ1) is 17.3. The number of nitrogens with zero attached hydrogens (tertiary/aromatic N) is 1. The Kier molecular flexibility index (Phi) is 5.08. The molecule has 0 heterocycles. The zero-order valence-corrected chi connectivity index (χ0v) is 13.4. The van der Waals surface area contributed by atoms with Crippen LogP contribution in [0.3, 0.4) is 0 Å². The molecule has 0 spiro atoms. The number of carbonyl (C=O) groups is 2. The van der Waals surface area contributed by atoms with Crippen molar-refractivity contribution in [1.29, 1.82) is 0 Å². The summed E-state index contributed by atoms with van der Waals surface area (Å²) in [5.74, 6) is -0.800. The van der Waals surface area contributed by atoms with Gasteiger partial charge in [-0.1, -0.05) is 30.3 Å². The van der Waals surface area contributed by atoms with Crippen molar-refractivity contribution in [3.8, 4) is 0 Å². The van der Waals surface area contributed by atoms with E-state index in [1.54, 1.807) is 31.2 Å². The SMILES string of the molecule is COC(=O)C[C@@](C)(C(=O)c1ccc([N+](=O)[O-])cc1)c1ccccc1. The van der Waals surface area contributed by atoms with Gasteiger partial charge in [-0.3, -0.25) is 19.7 Å². The average molecular weight is 327 g/mol. The van der Waals surface area contributed by atoms with Crippen LogP contribution < -0.4 is 0 Å². The minimum absolute atomic E-state index is 0.0964. The molecule has 0 amide bonds. The Morgan fingerprint density at radius 2 is 1.67 bits per heavy atom. The zero-order valence-electron chi connectivity index (χ0n) is 13.4. The normalized spacial score (nSPS) is 12.9. The summed E-state index contributed by atoms with van der Waals surface area (Å²) >= 11 is 0. The van der Waals surface area contributed by atoms with E-state index in [-0.39, 0.29) is 17.9 Å². The van der Waals surface area contributed by atoms with E-state index in [0.717, 1.165) is 0 Å². The van der Waals surface area contributed by atoms with E-state index in [9.17, 15) is 19.7 Å². The van der Waals surface area contributed by atoms with Crippen LogP contribution in [0, 0.1) is 10.1 Å². The second kappa shape index (κ2) is 7.04. The molecular formula is C18H17NO5. The first-order valence-electron chi connectivity index (χ1n) is 7.30. The molecule has 0 N–H and O–H groups in total. The molecule has 0 bridgehead atoms. The minimum atomic E-state index is -1.12. The number of ketones is 1. The van der Waals surface area contributed by atoms with Crippen LogP contribution in [0.1, 0.15) is 29.3 Å². The van der Waals surface area contributed by atoms with Gasteiger partial charge in [-0.05, 0) is 24.6 Å². The van der Waals surface area contributed by atoms with Crippen LogP contribution in [-0.4, -0.2) is 23.8 Å². The Balaban J connectivity index is 2.44. The number of methoxy groups -OCH3 is 1. The van der Waals surface area contributed by atoms with E-state index >= 15 is 0 Å². The number of benzene rings is 2. The highest BCUT2D eigenvalue weighted by atomic mass is 16.6. The van der Waals surface area contributed by atoms with Crippen molar-refractivity contribution in [2.45, 2.75) is 18.8 Å². The van der Waals surface area contributed by atoms with Gasteiger partial charge in [-0.2, -0.15) is 0 Å². The van der Waals surface area contributed by atoms with Crippen molar-refractivity contribution in [1.82, 2.24) is 0 Å². The summed E-state index contributed by atoms with van der Waals surface area (Å²) in [7, 11) is 1.27. The summed E-state index contributed by atoms with van der Waals surface area (Å²) in [6, 6.07) is 14.3. The molecule has 124 valence electrons. The smallest absolute Gasteiger partial charge is 0.306 e. The first-order valence-corrected chi connectivity index (χ1v) is 7.30. The molecule has 0 unspecified atom stereocenters. The first-order chi connectivity index (χ1) is 11.4. The molecule has 2 aromatic rings. The number of rotatable bonds is 6. The van der Waals surface area contributed by atoms with Gasteiger partial charge in [0.05, 0.1) is 23.9 Å². The number of hydrogen-bond acceptors (Lipinski definition) is 5. The maximum atomic E-state index is 13.0. The Hall–Kier alpha value is -3.02. The largest absolute Gasteiger partial charge is 0.469 e. The van der Waals surface area contributed by atoms with Crippen molar-refractivity contribution >= 4 is 17.4 Å². The molecule has 0 fully saturated rings. The fourth-order valence-corrected chi connectivity index (χ4v) is 2.53. The third kappa shape index (κ3) is 3.48. The second-order valence-electron chi connectivity index (χ2n) is 5.58. The quantitative estimate of drug-likeness (QED) is 0.352. The molecule has 6 nitrogen and oxygen atoms in total. The summed E-state index contributed by atoms with van der Waals surface area (Å²) in [6.07, 6.45) is -0.122. The van der Waals surface area contributed by atoms with Crippen molar-refractivity contribution in [3.63, 3.8) is 0 Å². The fourth-order valence-electron chi connectivity index (χ4n) is 2.53. The van der Waals surface area contributed by atoms with E-state index in [0.29, 0.717) is 11.1 Å². The summed E-state index contributed by atoms with van der Waals surface area (Å²) in [5, 5.41) is 10.7. The van der Waals surface area contributed by atoms with Crippen LogP contribution in [0.2, 0.25) is 0 Å². The molecule has 0 saturated carbocycles. The monoisotopic (exact) mass is 327 g/mol. The molecule has 1 atom stereocenters. The molecule has 0 saturated heterocycles. The highest BCUT2D eigenvalue weighted by Crippen LogP contribution is 2.32. The molecule has 0 aliphatic heterocycles. The number of esters is 1. The van der Waals surface area contributed by atoms with E-state index < -0.39 is 16.3 Å². The molecule has 2 rings (SSSR count). The Morgan fingerprint density at radius 1 is 1.08 bits per heavy atom. The van der Waals surface area contributed by atoms with Crippen LogP contribution in [0.15, 0.2) is 54.6 Å². The average Bonchev–Trinajstić information content (AvgIpc) is 2.61. The lowest BCUT2D eigenvalue weighted by atomic mass is 9.73. The summed E-state index contributed by atoms with van der Waals surface area (Å²) in [4.78, 5) is 35.1. The van der Waals surface area contributed by atoms with Crippen molar-refractivity contribution in [3.05, 3.63) is 75.8 Å². The lowest BCUT2D eigenvalue weighted by molar-refractivity contribution is -0.384. The summed E-state index contributed by atoms with van der Waals surface area (Å²) < 4.78 is 4.72. The number of carbonyl (C=O) groups excluding carboxylic acids is 2. The van der Waals surface area contributed by atoms with Gasteiger partial charge < -0.3 is 4.74 Å². The molecular weight excluding hydrogens is 310 g/mol. The second-order valence-corrected chi connectivity index (χ2v) is 5.58. The van der Waals surface area contributed by atoms with E-state index in [1.807, 2.05) is 6.07 Å². The van der Waals surface area contributed by atoms with Gasteiger partial charge in [-0.15, -0.1) is 0 Å². The van der Waals surface area contributed by atoms with Crippen molar-refractivity contribution in [2.75, 3.05) is 7.11 Å². The third-order valence-corrected chi connectivity index (χ3v) is 3.98. The summed E-state index contributed by atoms with van der Waals surface area (Å²) in [6.45, 7) is 1.67. The third-order valence-electron chi connectivity index (χ3n) is 3.98. The lowest BCUT2D eigenvalue weighted by Crippen LogP contribution is -2.35. The highest BCUT2D eigenvalue weighted by Gasteiger charge is 2.38. The van der Waals surface area contributed by atoms with Crippen LogP contribution in [0.4, 0.5) is 5.69 Å². The molecule has 0 radical (unpaired) electrons. The number of nitro groups is 1. The van der Waals surface area contributed by atoms with Gasteiger partial charge in [0.25, 0.3) is 5.69 Å². The molecule has 2 aromatic carbocycles. The Labute approximate surface area is 139 Å². The number of nitro benzene ring substituents is 1. The van der Waals surface area contributed by atoms with Gasteiger partial charge in [0.1, 0.15) is 0 Å². The van der Waals surface area contributed by atoms with Crippen molar-refractivity contribution in [2.24, 2.45) is 0 Å². The molecule has 6 heteroatoms. The van der Waals surface area contributed by atoms with Crippen LogP contribution in [0.5, 0.6) is 0 Å². The van der Waals surface area contributed by atoms with E-state index in [4.69, 9.17) is 4.74 Å². The van der Waals surface area contributed by atoms with Gasteiger partial charge in [0, 0.05) is 17.7 Å². The van der Waals surface area contributed by atoms with Gasteiger partial charge in [0.2, 0.25) is 0 Å². The molecule has 0 aromatic heterocycles. The predicted octanol–water partition coefficient (Wildman–Crippen LogP) is 3.30. The standard InChI is InChI=1S/C18H17NO5/c1-18(12-16(20)24-2,14-6-4-3-5-7-14)17(21)13-8-10-15(11-9-13)19(22)23/h3-11H,12H2,1-2H3/t18-/m1/s1. The molecule has 0 aliphatic rings. The minimum Gasteiger partial charge on any atom is -0.469 e. The van der Waals surface area contributed by atoms with Crippen LogP contribution >= 0.6 is 0 Å². The Morgan fingerprint density at radius 3 is 2.17 bits per heavy atom. The maximum absolute atomic E-state index is 13.0. The fraction of sp³-hybridized carbons (Fsp3) is 0.222. The Bertz CT molecular complexity index is 755. The van der Waals surface area contributed by atoms with Crippen LogP contribution in [0.25, 0.3) is 0 Å². The molecule has 24 heavy (non-hydrogen) atoms. The zero-order chi connectivity index (χ0) is 17.7. The maximum Gasteiger partial charge on any atom is 0.306 e.